The van der Waals surface area contributed by atoms with Gasteiger partial charge in [-0.2, -0.15) is 0 Å². The molecule has 1 rings (SSSR count). The standard InChI is InChI=1S/C12H18ClNO3S/c1-2-5-14-11-3-4-12(13)10(8-11)9-18(16,17)7-6-15/h3-4,8,14-15H,2,5-7,9H2,1H3. The van der Waals surface area contributed by atoms with E-state index >= 15 is 0 Å². The van der Waals surface area contributed by atoms with Crippen LogP contribution in [-0.4, -0.2) is 32.4 Å². The number of rotatable bonds is 7. The average molecular weight is 292 g/mol. The Morgan fingerprint density at radius 2 is 2.11 bits per heavy atom. The van der Waals surface area contributed by atoms with Gasteiger partial charge in [0.25, 0.3) is 0 Å². The summed E-state index contributed by atoms with van der Waals surface area (Å²) in [5.41, 5.74) is 1.42. The van der Waals surface area contributed by atoms with E-state index in [1.807, 2.05) is 6.07 Å². The first-order valence-corrected chi connectivity index (χ1v) is 8.02. The summed E-state index contributed by atoms with van der Waals surface area (Å²) in [6.45, 7) is 2.51. The first kappa shape index (κ1) is 15.3. The second kappa shape index (κ2) is 6.97. The molecule has 6 heteroatoms. The molecule has 0 amide bonds. The molecule has 0 saturated carbocycles. The molecular formula is C12H18ClNO3S. The molecule has 18 heavy (non-hydrogen) atoms. The topological polar surface area (TPSA) is 66.4 Å². The molecule has 0 aromatic heterocycles. The van der Waals surface area contributed by atoms with Crippen LogP contribution in [0.15, 0.2) is 18.2 Å². The molecule has 0 aliphatic carbocycles. The van der Waals surface area contributed by atoms with Crippen LogP contribution in [0, 0.1) is 0 Å². The molecule has 1 aromatic carbocycles. The molecule has 0 fully saturated rings. The molecule has 0 aliphatic rings. The van der Waals surface area contributed by atoms with Crippen molar-refractivity contribution in [1.29, 1.82) is 0 Å². The summed E-state index contributed by atoms with van der Waals surface area (Å²) >= 11 is 5.98. The Hall–Kier alpha value is -0.780. The molecule has 0 atom stereocenters. The van der Waals surface area contributed by atoms with Gasteiger partial charge < -0.3 is 10.4 Å². The Bertz CT molecular complexity index is 488. The molecular weight excluding hydrogens is 274 g/mol. The van der Waals surface area contributed by atoms with Crippen molar-refractivity contribution in [3.8, 4) is 0 Å². The van der Waals surface area contributed by atoms with E-state index in [-0.39, 0.29) is 18.1 Å². The number of aliphatic hydroxyl groups is 1. The molecule has 0 radical (unpaired) electrons. The highest BCUT2D eigenvalue weighted by Crippen LogP contribution is 2.22. The predicted molar refractivity (Wildman–Crippen MR) is 74.8 cm³/mol. The summed E-state index contributed by atoms with van der Waals surface area (Å²) in [5.74, 6) is -0.385. The summed E-state index contributed by atoms with van der Waals surface area (Å²) in [5, 5.41) is 12.3. The Morgan fingerprint density at radius 3 is 2.72 bits per heavy atom. The third-order valence-electron chi connectivity index (χ3n) is 2.40. The van der Waals surface area contributed by atoms with Gasteiger partial charge in [0.2, 0.25) is 0 Å². The van der Waals surface area contributed by atoms with Crippen molar-refractivity contribution in [1.82, 2.24) is 0 Å². The van der Waals surface area contributed by atoms with Crippen LogP contribution in [0.3, 0.4) is 0 Å². The maximum absolute atomic E-state index is 11.6. The van der Waals surface area contributed by atoms with E-state index in [0.717, 1.165) is 18.7 Å². The van der Waals surface area contributed by atoms with Crippen molar-refractivity contribution in [2.75, 3.05) is 24.2 Å². The molecule has 0 heterocycles. The van der Waals surface area contributed by atoms with Crippen molar-refractivity contribution in [3.63, 3.8) is 0 Å². The van der Waals surface area contributed by atoms with Crippen molar-refractivity contribution < 1.29 is 13.5 Å². The number of aliphatic hydroxyl groups excluding tert-OH is 1. The summed E-state index contributed by atoms with van der Waals surface area (Å²) in [6, 6.07) is 5.25. The highest BCUT2D eigenvalue weighted by Gasteiger charge is 2.14. The van der Waals surface area contributed by atoms with Gasteiger partial charge in [0, 0.05) is 17.3 Å². The molecule has 1 aromatic rings. The first-order valence-electron chi connectivity index (χ1n) is 5.82. The highest BCUT2D eigenvalue weighted by molar-refractivity contribution is 7.90. The first-order chi connectivity index (χ1) is 8.48. The van der Waals surface area contributed by atoms with Crippen LogP contribution in [0.5, 0.6) is 0 Å². The molecule has 0 saturated heterocycles. The third kappa shape index (κ3) is 4.84. The molecule has 102 valence electrons. The van der Waals surface area contributed by atoms with Crippen LogP contribution in [0.25, 0.3) is 0 Å². The summed E-state index contributed by atoms with van der Waals surface area (Å²) in [6.07, 6.45) is 0.987. The molecule has 4 nitrogen and oxygen atoms in total. The number of halogens is 1. The van der Waals surface area contributed by atoms with Crippen LogP contribution >= 0.6 is 11.6 Å². The van der Waals surface area contributed by atoms with Gasteiger partial charge in [0.1, 0.15) is 0 Å². The smallest absolute Gasteiger partial charge is 0.156 e. The Morgan fingerprint density at radius 1 is 1.39 bits per heavy atom. The number of sulfone groups is 1. The van der Waals surface area contributed by atoms with Crippen molar-refractivity contribution in [3.05, 3.63) is 28.8 Å². The SMILES string of the molecule is CCCNc1ccc(Cl)c(CS(=O)(=O)CCO)c1. The molecule has 2 N–H and O–H groups in total. The lowest BCUT2D eigenvalue weighted by Gasteiger charge is -2.09. The van der Waals surface area contributed by atoms with Gasteiger partial charge in [-0.3, -0.25) is 0 Å². The highest BCUT2D eigenvalue weighted by atomic mass is 35.5. The summed E-state index contributed by atoms with van der Waals surface area (Å²) in [7, 11) is -3.31. The van der Waals surface area contributed by atoms with E-state index in [1.165, 1.54) is 0 Å². The number of benzene rings is 1. The fourth-order valence-corrected chi connectivity index (χ4v) is 2.91. The molecule has 0 unspecified atom stereocenters. The minimum absolute atomic E-state index is 0.145. The van der Waals surface area contributed by atoms with Gasteiger partial charge in [-0.1, -0.05) is 18.5 Å². The monoisotopic (exact) mass is 291 g/mol. The van der Waals surface area contributed by atoms with Gasteiger partial charge in [-0.15, -0.1) is 0 Å². The van der Waals surface area contributed by atoms with Crippen LogP contribution in [0.2, 0.25) is 5.02 Å². The Labute approximate surface area is 113 Å². The third-order valence-corrected chi connectivity index (χ3v) is 4.33. The second-order valence-corrected chi connectivity index (χ2v) is 6.64. The lowest BCUT2D eigenvalue weighted by molar-refractivity contribution is 0.319. The van der Waals surface area contributed by atoms with E-state index in [9.17, 15) is 8.42 Å². The van der Waals surface area contributed by atoms with Gasteiger partial charge in [-0.05, 0) is 30.2 Å². The van der Waals surface area contributed by atoms with Gasteiger partial charge in [0.05, 0.1) is 18.1 Å². The van der Waals surface area contributed by atoms with Gasteiger partial charge in [-0.25, -0.2) is 8.42 Å². The van der Waals surface area contributed by atoms with Crippen LogP contribution in [0.1, 0.15) is 18.9 Å². The quantitative estimate of drug-likeness (QED) is 0.807. The van der Waals surface area contributed by atoms with E-state index in [1.54, 1.807) is 12.1 Å². The summed E-state index contributed by atoms with van der Waals surface area (Å²) in [4.78, 5) is 0. The minimum Gasteiger partial charge on any atom is -0.395 e. The van der Waals surface area contributed by atoms with E-state index in [0.29, 0.717) is 10.6 Å². The molecule has 0 aliphatic heterocycles. The zero-order valence-corrected chi connectivity index (χ0v) is 11.9. The largest absolute Gasteiger partial charge is 0.395 e. The predicted octanol–water partition coefficient (Wildman–Crippen LogP) is 2.07. The van der Waals surface area contributed by atoms with Gasteiger partial charge in [0.15, 0.2) is 9.84 Å². The lowest BCUT2D eigenvalue weighted by Crippen LogP contribution is -2.12. The number of nitrogens with one attached hydrogen (secondary N) is 1. The Balaban J connectivity index is 2.87. The maximum Gasteiger partial charge on any atom is 0.156 e. The van der Waals surface area contributed by atoms with E-state index < -0.39 is 9.84 Å². The van der Waals surface area contributed by atoms with Crippen molar-refractivity contribution in [2.45, 2.75) is 19.1 Å². The minimum atomic E-state index is -3.31. The zero-order chi connectivity index (χ0) is 13.6. The van der Waals surface area contributed by atoms with E-state index in [4.69, 9.17) is 16.7 Å². The van der Waals surface area contributed by atoms with Crippen LogP contribution in [0.4, 0.5) is 5.69 Å². The van der Waals surface area contributed by atoms with Crippen LogP contribution in [-0.2, 0) is 15.6 Å². The fourth-order valence-electron chi connectivity index (χ4n) is 1.51. The Kier molecular flexibility index (Phi) is 5.91. The number of hydrogen-bond donors (Lipinski definition) is 2. The average Bonchev–Trinajstić information content (AvgIpc) is 2.29. The van der Waals surface area contributed by atoms with E-state index in [2.05, 4.69) is 12.2 Å². The molecule has 0 bridgehead atoms. The number of anilines is 1. The number of hydrogen-bond acceptors (Lipinski definition) is 4. The van der Waals surface area contributed by atoms with Crippen LogP contribution < -0.4 is 5.32 Å². The molecule has 0 spiro atoms. The van der Waals surface area contributed by atoms with Crippen molar-refractivity contribution in [2.24, 2.45) is 0 Å². The normalized spacial score (nSPS) is 11.5. The fraction of sp³-hybridized carbons (Fsp3) is 0.500. The zero-order valence-electron chi connectivity index (χ0n) is 10.3. The maximum atomic E-state index is 11.6. The second-order valence-electron chi connectivity index (χ2n) is 4.05. The van der Waals surface area contributed by atoms with Gasteiger partial charge >= 0.3 is 0 Å². The lowest BCUT2D eigenvalue weighted by atomic mass is 10.2. The van der Waals surface area contributed by atoms with Crippen molar-refractivity contribution >= 4 is 27.1 Å². The summed E-state index contributed by atoms with van der Waals surface area (Å²) < 4.78 is 23.3.